The number of rotatable bonds is 1. The molecule has 2 aromatic rings. The fraction of sp³-hybridized carbons (Fsp3) is 0.250. The van der Waals surface area contributed by atoms with Crippen LogP contribution in [0.3, 0.4) is 0 Å². The summed E-state index contributed by atoms with van der Waals surface area (Å²) in [6, 6.07) is 7.75. The van der Waals surface area contributed by atoms with Gasteiger partial charge >= 0.3 is 0 Å². The highest BCUT2D eigenvalue weighted by Gasteiger charge is 2.30. The van der Waals surface area contributed by atoms with Crippen LogP contribution in [-0.4, -0.2) is 27.2 Å². The molecule has 86 valence electrons. The maximum absolute atomic E-state index is 11.7. The van der Waals surface area contributed by atoms with Crippen molar-refractivity contribution in [1.29, 1.82) is 0 Å². The van der Waals surface area contributed by atoms with Crippen molar-refractivity contribution in [3.8, 4) is 0 Å². The van der Waals surface area contributed by atoms with Gasteiger partial charge in [0.2, 0.25) is 11.9 Å². The lowest BCUT2D eigenvalue weighted by Crippen LogP contribution is -2.26. The van der Waals surface area contributed by atoms with E-state index >= 15 is 0 Å². The zero-order valence-electron chi connectivity index (χ0n) is 9.01. The van der Waals surface area contributed by atoms with E-state index in [4.69, 9.17) is 0 Å². The number of nitrogens with zero attached hydrogens (tertiary/aromatic N) is 3. The van der Waals surface area contributed by atoms with E-state index in [1.165, 1.54) is 0 Å². The van der Waals surface area contributed by atoms with Gasteiger partial charge < -0.3 is 0 Å². The van der Waals surface area contributed by atoms with E-state index in [2.05, 4.69) is 25.9 Å². The molecule has 3 rings (SSSR count). The van der Waals surface area contributed by atoms with E-state index < -0.39 is 0 Å². The lowest BCUT2D eigenvalue weighted by molar-refractivity contribution is -0.117. The number of halogens is 1. The molecule has 0 saturated carbocycles. The number of benzene rings is 1. The topological polar surface area (TPSA) is 46.1 Å². The third-order valence-corrected chi connectivity index (χ3v) is 3.41. The molecule has 0 radical (unpaired) electrons. The van der Waals surface area contributed by atoms with Crippen molar-refractivity contribution in [3.05, 3.63) is 30.5 Å². The van der Waals surface area contributed by atoms with E-state index in [-0.39, 0.29) is 10.7 Å². The summed E-state index contributed by atoms with van der Waals surface area (Å²) in [7, 11) is 0. The minimum Gasteiger partial charge on any atom is -0.280 e. The molecule has 5 heteroatoms. The van der Waals surface area contributed by atoms with E-state index in [1.807, 2.05) is 24.3 Å². The van der Waals surface area contributed by atoms with Crippen LogP contribution in [0.15, 0.2) is 30.5 Å². The average molecular weight is 292 g/mol. The van der Waals surface area contributed by atoms with Crippen LogP contribution in [0.2, 0.25) is 0 Å². The van der Waals surface area contributed by atoms with Gasteiger partial charge in [0, 0.05) is 29.4 Å². The summed E-state index contributed by atoms with van der Waals surface area (Å²) in [5.41, 5.74) is 0.864. The largest absolute Gasteiger partial charge is 0.280 e. The first-order chi connectivity index (χ1) is 8.24. The smallest absolute Gasteiger partial charge is 0.232 e. The Bertz CT molecular complexity index is 587. The van der Waals surface area contributed by atoms with Crippen LogP contribution in [0.5, 0.6) is 0 Å². The Kier molecular flexibility index (Phi) is 2.55. The Morgan fingerprint density at radius 3 is 2.94 bits per heavy atom. The Labute approximate surface area is 107 Å². The van der Waals surface area contributed by atoms with Crippen LogP contribution in [0, 0.1) is 0 Å². The molecular formula is C12H10BrN3O. The second kappa shape index (κ2) is 4.07. The average Bonchev–Trinajstić information content (AvgIpc) is 2.68. The fourth-order valence-corrected chi connectivity index (χ4v) is 2.52. The van der Waals surface area contributed by atoms with E-state index in [1.54, 1.807) is 11.1 Å². The van der Waals surface area contributed by atoms with Crippen molar-refractivity contribution >= 4 is 38.7 Å². The quantitative estimate of drug-likeness (QED) is 0.756. The first kappa shape index (κ1) is 10.7. The molecule has 1 saturated heterocycles. The number of anilines is 1. The number of aromatic nitrogens is 2. The van der Waals surface area contributed by atoms with Gasteiger partial charge in [0.05, 0.1) is 5.52 Å². The van der Waals surface area contributed by atoms with Gasteiger partial charge in [-0.1, -0.05) is 34.1 Å². The van der Waals surface area contributed by atoms with Gasteiger partial charge in [-0.3, -0.25) is 9.69 Å². The van der Waals surface area contributed by atoms with Crippen molar-refractivity contribution < 1.29 is 4.79 Å². The Hall–Kier alpha value is -1.49. The number of alkyl halides is 1. The van der Waals surface area contributed by atoms with Crippen molar-refractivity contribution in [2.45, 2.75) is 11.2 Å². The number of carbonyl (C=O) groups is 1. The van der Waals surface area contributed by atoms with Crippen LogP contribution in [0.25, 0.3) is 10.9 Å². The standard InChI is InChI=1S/C12H10BrN3O/c13-9-5-11(17)16(7-9)12-14-6-8-3-1-2-4-10(8)15-12/h1-4,6,9H,5,7H2. The second-order valence-corrected chi connectivity index (χ2v) is 5.33. The predicted molar refractivity (Wildman–Crippen MR) is 69.2 cm³/mol. The van der Waals surface area contributed by atoms with Gasteiger partial charge in [-0.15, -0.1) is 0 Å². The first-order valence-electron chi connectivity index (χ1n) is 5.40. The van der Waals surface area contributed by atoms with E-state index in [9.17, 15) is 4.79 Å². The third-order valence-electron chi connectivity index (χ3n) is 2.80. The van der Waals surface area contributed by atoms with Crippen LogP contribution in [0.1, 0.15) is 6.42 Å². The summed E-state index contributed by atoms with van der Waals surface area (Å²) in [5.74, 6) is 0.567. The number of amides is 1. The summed E-state index contributed by atoms with van der Waals surface area (Å²) >= 11 is 3.45. The van der Waals surface area contributed by atoms with Crippen LogP contribution < -0.4 is 4.90 Å². The summed E-state index contributed by atoms with van der Waals surface area (Å²) < 4.78 is 0. The SMILES string of the molecule is O=C1CC(Br)CN1c1ncc2ccccc2n1. The number of carbonyl (C=O) groups excluding carboxylic acids is 1. The Morgan fingerprint density at radius 2 is 2.18 bits per heavy atom. The minimum absolute atomic E-state index is 0.0714. The van der Waals surface area contributed by atoms with Crippen molar-refractivity contribution in [2.24, 2.45) is 0 Å². The zero-order chi connectivity index (χ0) is 11.8. The number of fused-ring (bicyclic) bond motifs is 1. The van der Waals surface area contributed by atoms with Crippen LogP contribution in [0.4, 0.5) is 5.95 Å². The summed E-state index contributed by atoms with van der Waals surface area (Å²) in [6.07, 6.45) is 2.27. The molecule has 17 heavy (non-hydrogen) atoms. The first-order valence-corrected chi connectivity index (χ1v) is 6.32. The Morgan fingerprint density at radius 1 is 1.35 bits per heavy atom. The fourth-order valence-electron chi connectivity index (χ4n) is 1.95. The van der Waals surface area contributed by atoms with Gasteiger partial charge in [0.1, 0.15) is 0 Å². The monoisotopic (exact) mass is 291 g/mol. The third kappa shape index (κ3) is 1.91. The number of hydrogen-bond acceptors (Lipinski definition) is 3. The predicted octanol–water partition coefficient (Wildman–Crippen LogP) is 2.13. The van der Waals surface area contributed by atoms with Gasteiger partial charge in [0.15, 0.2) is 0 Å². The molecule has 4 nitrogen and oxygen atoms in total. The van der Waals surface area contributed by atoms with Crippen molar-refractivity contribution in [2.75, 3.05) is 11.4 Å². The molecule has 1 atom stereocenters. The van der Waals surface area contributed by atoms with E-state index in [0.29, 0.717) is 18.9 Å². The lowest BCUT2D eigenvalue weighted by Gasteiger charge is -2.13. The molecule has 0 spiro atoms. The minimum atomic E-state index is 0.0714. The molecule has 1 aliphatic heterocycles. The Balaban J connectivity index is 2.03. The van der Waals surface area contributed by atoms with Gasteiger partial charge in [-0.25, -0.2) is 9.97 Å². The highest BCUT2D eigenvalue weighted by atomic mass is 79.9. The molecule has 0 N–H and O–H groups in total. The molecule has 1 aliphatic rings. The highest BCUT2D eigenvalue weighted by Crippen LogP contribution is 2.23. The highest BCUT2D eigenvalue weighted by molar-refractivity contribution is 9.09. The maximum Gasteiger partial charge on any atom is 0.232 e. The second-order valence-electron chi connectivity index (χ2n) is 4.03. The molecule has 2 heterocycles. The van der Waals surface area contributed by atoms with Gasteiger partial charge in [0.25, 0.3) is 0 Å². The molecule has 1 unspecified atom stereocenters. The zero-order valence-corrected chi connectivity index (χ0v) is 10.6. The molecule has 1 aromatic heterocycles. The number of para-hydroxylation sites is 1. The van der Waals surface area contributed by atoms with Crippen molar-refractivity contribution in [1.82, 2.24) is 9.97 Å². The summed E-state index contributed by atoms with van der Waals surface area (Å²) in [4.78, 5) is 22.2. The van der Waals surface area contributed by atoms with Gasteiger partial charge in [-0.2, -0.15) is 0 Å². The normalized spacial score (nSPS) is 20.2. The molecule has 1 amide bonds. The summed E-state index contributed by atoms with van der Waals surface area (Å²) in [5, 5.41) is 0.985. The maximum atomic E-state index is 11.7. The summed E-state index contributed by atoms with van der Waals surface area (Å²) in [6.45, 7) is 0.636. The van der Waals surface area contributed by atoms with Gasteiger partial charge in [-0.05, 0) is 6.07 Å². The van der Waals surface area contributed by atoms with Crippen LogP contribution in [-0.2, 0) is 4.79 Å². The van der Waals surface area contributed by atoms with E-state index in [0.717, 1.165) is 10.9 Å². The molecule has 0 bridgehead atoms. The lowest BCUT2D eigenvalue weighted by atomic mass is 10.2. The van der Waals surface area contributed by atoms with Crippen LogP contribution >= 0.6 is 15.9 Å². The molecule has 0 aliphatic carbocycles. The molecule has 1 fully saturated rings. The molecular weight excluding hydrogens is 282 g/mol. The van der Waals surface area contributed by atoms with Crippen molar-refractivity contribution in [3.63, 3.8) is 0 Å². The number of hydrogen-bond donors (Lipinski definition) is 0. The molecule has 1 aromatic carbocycles.